The molecule has 0 heterocycles. The van der Waals surface area contributed by atoms with Crippen LogP contribution in [0.5, 0.6) is 0 Å². The number of carbonyl (C=O) groups is 1. The van der Waals surface area contributed by atoms with Crippen LogP contribution in [0, 0.1) is 0 Å². The molecule has 0 amide bonds. The molecule has 1 N–H and O–H groups in total. The molecule has 0 spiro atoms. The summed E-state index contributed by atoms with van der Waals surface area (Å²) in [5.41, 5.74) is 0. The predicted octanol–water partition coefficient (Wildman–Crippen LogP) is 0.958. The van der Waals surface area contributed by atoms with Crippen LogP contribution in [0.4, 0.5) is 0 Å². The predicted molar refractivity (Wildman–Crippen MR) is 39.7 cm³/mol. The summed E-state index contributed by atoms with van der Waals surface area (Å²) in [6.45, 7) is 6.00. The Kier molecular flexibility index (Phi) is 13.7. The van der Waals surface area contributed by atoms with Crippen LogP contribution >= 0.6 is 0 Å². The Morgan fingerprint density at radius 2 is 1.80 bits per heavy atom. The van der Waals surface area contributed by atoms with Gasteiger partial charge in [-0.2, -0.15) is 0 Å². The van der Waals surface area contributed by atoms with Crippen LogP contribution in [-0.4, -0.2) is 24.3 Å². The van der Waals surface area contributed by atoms with E-state index >= 15 is 0 Å². The lowest BCUT2D eigenvalue weighted by Crippen LogP contribution is -2.00. The molecule has 0 saturated carbocycles. The molecule has 0 aromatic carbocycles. The van der Waals surface area contributed by atoms with Gasteiger partial charge >= 0.3 is 5.97 Å². The van der Waals surface area contributed by atoms with Crippen molar-refractivity contribution in [1.82, 2.24) is 0 Å². The molecule has 0 aliphatic carbocycles. The van der Waals surface area contributed by atoms with Gasteiger partial charge in [0.25, 0.3) is 0 Å². The van der Waals surface area contributed by atoms with E-state index in [0.717, 1.165) is 0 Å². The minimum absolute atomic E-state index is 0.123. The molecule has 0 rings (SSSR count). The monoisotopic (exact) mass is 148 g/mol. The van der Waals surface area contributed by atoms with Gasteiger partial charge in [0.1, 0.15) is 0 Å². The zero-order chi connectivity index (χ0) is 8.41. The summed E-state index contributed by atoms with van der Waals surface area (Å²) in [6, 6.07) is 0. The third-order valence-corrected chi connectivity index (χ3v) is 0.594. The van der Waals surface area contributed by atoms with E-state index in [9.17, 15) is 4.79 Å². The average molecular weight is 148 g/mol. The third-order valence-electron chi connectivity index (χ3n) is 0.594. The zero-order valence-electron chi connectivity index (χ0n) is 6.89. The molecule has 0 aliphatic rings. The van der Waals surface area contributed by atoms with Crippen LogP contribution in [0.3, 0.4) is 0 Å². The molecule has 62 valence electrons. The Balaban J connectivity index is 0. The van der Waals surface area contributed by atoms with E-state index in [1.165, 1.54) is 0 Å². The molecule has 0 radical (unpaired) electrons. The molecule has 3 nitrogen and oxygen atoms in total. The zero-order valence-corrected chi connectivity index (χ0v) is 6.89. The van der Waals surface area contributed by atoms with E-state index in [1.807, 2.05) is 0 Å². The lowest BCUT2D eigenvalue weighted by Gasteiger charge is -1.93. The lowest BCUT2D eigenvalue weighted by atomic mass is 10.5. The molecule has 0 fully saturated rings. The first-order valence-corrected chi connectivity index (χ1v) is 3.49. The van der Waals surface area contributed by atoms with E-state index < -0.39 is 0 Å². The normalized spacial score (nSPS) is 7.60. The van der Waals surface area contributed by atoms with Crippen molar-refractivity contribution >= 4 is 5.97 Å². The molecule has 0 aromatic rings. The van der Waals surface area contributed by atoms with E-state index in [1.54, 1.807) is 20.8 Å². The Bertz CT molecular complexity index is 71.3. The molecule has 10 heavy (non-hydrogen) atoms. The Morgan fingerprint density at radius 1 is 1.40 bits per heavy atom. The van der Waals surface area contributed by atoms with Crippen molar-refractivity contribution in [3.63, 3.8) is 0 Å². The van der Waals surface area contributed by atoms with Gasteiger partial charge in [-0.15, -0.1) is 0 Å². The number of ether oxygens (including phenoxy) is 1. The van der Waals surface area contributed by atoms with Gasteiger partial charge in [0.2, 0.25) is 0 Å². The summed E-state index contributed by atoms with van der Waals surface area (Å²) >= 11 is 0. The summed E-state index contributed by atoms with van der Waals surface area (Å²) in [7, 11) is 0. The van der Waals surface area contributed by atoms with Crippen molar-refractivity contribution in [3.05, 3.63) is 0 Å². The van der Waals surface area contributed by atoms with Gasteiger partial charge in [-0.1, -0.05) is 6.92 Å². The second-order valence-corrected chi connectivity index (χ2v) is 1.47. The maximum atomic E-state index is 10.2. The van der Waals surface area contributed by atoms with Crippen molar-refractivity contribution < 1.29 is 14.6 Å². The van der Waals surface area contributed by atoms with Crippen molar-refractivity contribution in [3.8, 4) is 0 Å². The van der Waals surface area contributed by atoms with Crippen LogP contribution in [0.25, 0.3) is 0 Å². The maximum Gasteiger partial charge on any atom is 0.305 e. The molecule has 0 saturated heterocycles. The first kappa shape index (κ1) is 12.1. The number of esters is 1. The molecular formula is C7H16O3. The lowest BCUT2D eigenvalue weighted by molar-refractivity contribution is -0.142. The van der Waals surface area contributed by atoms with E-state index in [0.29, 0.717) is 13.0 Å². The summed E-state index contributed by atoms with van der Waals surface area (Å²) < 4.78 is 4.55. The smallest absolute Gasteiger partial charge is 0.305 e. The van der Waals surface area contributed by atoms with Crippen LogP contribution in [0.2, 0.25) is 0 Å². The van der Waals surface area contributed by atoms with Gasteiger partial charge in [-0.3, -0.25) is 4.79 Å². The van der Waals surface area contributed by atoms with Crippen LogP contribution in [0.1, 0.15) is 27.2 Å². The highest BCUT2D eigenvalue weighted by Gasteiger charge is 1.91. The second-order valence-electron chi connectivity index (χ2n) is 1.47. The van der Waals surface area contributed by atoms with Crippen molar-refractivity contribution in [2.45, 2.75) is 27.2 Å². The first-order valence-electron chi connectivity index (χ1n) is 3.49. The number of carbonyl (C=O) groups excluding carboxylic acids is 1. The number of hydrogen-bond donors (Lipinski definition) is 1. The minimum atomic E-state index is -0.123. The summed E-state index contributed by atoms with van der Waals surface area (Å²) in [4.78, 5) is 10.2. The number of hydrogen-bond acceptors (Lipinski definition) is 3. The van der Waals surface area contributed by atoms with Gasteiger partial charge in [0.05, 0.1) is 6.61 Å². The highest BCUT2D eigenvalue weighted by Crippen LogP contribution is 1.80. The largest absolute Gasteiger partial charge is 0.466 e. The highest BCUT2D eigenvalue weighted by molar-refractivity contribution is 5.68. The van der Waals surface area contributed by atoms with Gasteiger partial charge in [0, 0.05) is 13.0 Å². The van der Waals surface area contributed by atoms with Crippen molar-refractivity contribution in [1.29, 1.82) is 0 Å². The topological polar surface area (TPSA) is 46.5 Å². The summed E-state index contributed by atoms with van der Waals surface area (Å²) in [5, 5.41) is 7.57. The van der Waals surface area contributed by atoms with Crippen molar-refractivity contribution in [2.24, 2.45) is 0 Å². The second kappa shape index (κ2) is 11.3. The maximum absolute atomic E-state index is 10.2. The highest BCUT2D eigenvalue weighted by atomic mass is 16.5. The van der Waals surface area contributed by atoms with Crippen LogP contribution in [0.15, 0.2) is 0 Å². The fraction of sp³-hybridized carbons (Fsp3) is 0.857. The molecule has 0 aromatic heterocycles. The Hall–Kier alpha value is -0.570. The average Bonchev–Trinajstić information content (AvgIpc) is 1.90. The minimum Gasteiger partial charge on any atom is -0.466 e. The van der Waals surface area contributed by atoms with Crippen LogP contribution < -0.4 is 0 Å². The fourth-order valence-corrected chi connectivity index (χ4v) is 0.263. The standard InChI is InChI=1S/C5H10O2.C2H6O/c1-3-5(6)7-4-2;1-2-3/h3-4H2,1-2H3;3H,2H2,1H3. The van der Waals surface area contributed by atoms with Gasteiger partial charge in [-0.25, -0.2) is 0 Å². The fourth-order valence-electron chi connectivity index (χ4n) is 0.263. The van der Waals surface area contributed by atoms with Gasteiger partial charge in [0.15, 0.2) is 0 Å². The summed E-state index contributed by atoms with van der Waals surface area (Å²) in [6.07, 6.45) is 0.480. The Labute approximate surface area is 62.0 Å². The molecular weight excluding hydrogens is 132 g/mol. The first-order chi connectivity index (χ1) is 4.72. The molecule has 0 atom stereocenters. The molecule has 0 bridgehead atoms. The van der Waals surface area contributed by atoms with Crippen LogP contribution in [-0.2, 0) is 9.53 Å². The van der Waals surface area contributed by atoms with E-state index in [4.69, 9.17) is 5.11 Å². The molecule has 0 unspecified atom stereocenters. The summed E-state index contributed by atoms with van der Waals surface area (Å²) in [5.74, 6) is -0.123. The molecule has 0 aliphatic heterocycles. The number of aliphatic hydroxyl groups excluding tert-OH is 1. The van der Waals surface area contributed by atoms with E-state index in [-0.39, 0.29) is 12.6 Å². The van der Waals surface area contributed by atoms with Gasteiger partial charge in [-0.05, 0) is 13.8 Å². The van der Waals surface area contributed by atoms with Crippen molar-refractivity contribution in [2.75, 3.05) is 13.2 Å². The third kappa shape index (κ3) is 15.7. The quantitative estimate of drug-likeness (QED) is 0.593. The SMILES string of the molecule is CCO.CCOC(=O)CC. The number of rotatable bonds is 2. The van der Waals surface area contributed by atoms with E-state index in [2.05, 4.69) is 4.74 Å². The number of aliphatic hydroxyl groups is 1. The Morgan fingerprint density at radius 3 is 1.90 bits per heavy atom. The van der Waals surface area contributed by atoms with Gasteiger partial charge < -0.3 is 9.84 Å². The molecule has 3 heteroatoms.